The summed E-state index contributed by atoms with van der Waals surface area (Å²) in [6.45, 7) is 4.63. The van der Waals surface area contributed by atoms with Gasteiger partial charge >= 0.3 is 0 Å². The van der Waals surface area contributed by atoms with Crippen molar-refractivity contribution in [3.63, 3.8) is 0 Å². The van der Waals surface area contributed by atoms with Crippen LogP contribution in [0.3, 0.4) is 0 Å². The quantitative estimate of drug-likeness (QED) is 0.699. The van der Waals surface area contributed by atoms with Crippen LogP contribution in [0.15, 0.2) is 82.0 Å². The van der Waals surface area contributed by atoms with Gasteiger partial charge in [-0.05, 0) is 59.7 Å². The van der Waals surface area contributed by atoms with E-state index in [1.165, 1.54) is 12.4 Å². The average molecular weight is 314 g/mol. The second-order valence-electron chi connectivity index (χ2n) is 5.07. The second kappa shape index (κ2) is 8.00. The summed E-state index contributed by atoms with van der Waals surface area (Å²) in [6.07, 6.45) is 13.5. The van der Waals surface area contributed by atoms with Crippen molar-refractivity contribution in [3.05, 3.63) is 81.5 Å². The number of allylic oxidation sites excluding steroid dienone is 8. The van der Waals surface area contributed by atoms with Crippen LogP contribution in [0, 0.1) is 9.81 Å². The van der Waals surface area contributed by atoms with Gasteiger partial charge in [0, 0.05) is 23.8 Å². The summed E-state index contributed by atoms with van der Waals surface area (Å²) < 4.78 is 5.70. The molecule has 0 N–H and O–H groups in total. The van der Waals surface area contributed by atoms with Gasteiger partial charge in [0.15, 0.2) is 0 Å². The Kier molecular flexibility index (Phi) is 5.76. The molecule has 0 fully saturated rings. The number of hydrogen-bond donors (Lipinski definition) is 0. The maximum Gasteiger partial charge on any atom is 0.124 e. The molecule has 0 saturated heterocycles. The summed E-state index contributed by atoms with van der Waals surface area (Å²) in [5, 5.41) is 5.52. The molecule has 0 unspecified atom stereocenters. The first-order chi connectivity index (χ1) is 11.1. The molecule has 7 nitrogen and oxygen atoms in total. The van der Waals surface area contributed by atoms with Gasteiger partial charge in [0.05, 0.1) is 12.4 Å². The zero-order valence-corrected chi connectivity index (χ0v) is 13.0. The molecule has 0 radical (unpaired) electrons. The van der Waals surface area contributed by atoms with Crippen LogP contribution in [0.1, 0.15) is 13.8 Å². The van der Waals surface area contributed by atoms with Crippen LogP contribution in [-0.2, 0) is 4.74 Å². The Morgan fingerprint density at radius 3 is 1.70 bits per heavy atom. The Hall–Kier alpha value is -2.80. The van der Waals surface area contributed by atoms with Gasteiger partial charge in [0.25, 0.3) is 0 Å². The van der Waals surface area contributed by atoms with Crippen LogP contribution in [0.5, 0.6) is 0 Å². The summed E-state index contributed by atoms with van der Waals surface area (Å²) in [4.78, 5) is 24.3. The summed E-state index contributed by atoms with van der Waals surface area (Å²) >= 11 is 0. The smallest absolute Gasteiger partial charge is 0.124 e. The fourth-order valence-electron chi connectivity index (χ4n) is 2.14. The lowest BCUT2D eigenvalue weighted by molar-refractivity contribution is 0.0220. The Morgan fingerprint density at radius 2 is 1.35 bits per heavy atom. The molecule has 2 aliphatic rings. The predicted octanol–water partition coefficient (Wildman–Crippen LogP) is 3.68. The van der Waals surface area contributed by atoms with E-state index in [0.717, 1.165) is 22.5 Å². The number of ether oxygens (including phenoxy) is 1. The molecule has 0 aliphatic carbocycles. The second-order valence-corrected chi connectivity index (χ2v) is 5.07. The van der Waals surface area contributed by atoms with Gasteiger partial charge in [-0.2, -0.15) is 0 Å². The molecule has 0 aromatic heterocycles. The van der Waals surface area contributed by atoms with E-state index in [0.29, 0.717) is 13.5 Å². The molecule has 2 heterocycles. The highest BCUT2D eigenvalue weighted by Gasteiger charge is 2.10. The molecule has 0 saturated carbocycles. The number of nitrogens with zero attached hydrogens (tertiary/aromatic N) is 4. The van der Waals surface area contributed by atoms with Crippen LogP contribution >= 0.6 is 0 Å². The Morgan fingerprint density at radius 1 is 0.913 bits per heavy atom. The van der Waals surface area contributed by atoms with Crippen molar-refractivity contribution in [1.82, 2.24) is 9.80 Å². The van der Waals surface area contributed by atoms with Gasteiger partial charge in [-0.25, -0.2) is 0 Å². The summed E-state index contributed by atoms with van der Waals surface area (Å²) in [7, 11) is 0. The molecular weight excluding hydrogens is 296 g/mol. The molecule has 2 aliphatic heterocycles. The van der Waals surface area contributed by atoms with E-state index in [4.69, 9.17) is 4.74 Å². The van der Waals surface area contributed by atoms with E-state index in [1.54, 1.807) is 12.2 Å². The average Bonchev–Trinajstić information content (AvgIpc) is 2.52. The first kappa shape index (κ1) is 16.6. The Labute approximate surface area is 134 Å². The normalized spacial score (nSPS) is 20.8. The Balaban J connectivity index is 1.85. The zero-order valence-electron chi connectivity index (χ0n) is 13.0. The summed E-state index contributed by atoms with van der Waals surface area (Å²) in [5.74, 6) is 0. The lowest BCUT2D eigenvalue weighted by Crippen LogP contribution is -2.26. The van der Waals surface area contributed by atoms with E-state index >= 15 is 0 Å². The van der Waals surface area contributed by atoms with Crippen molar-refractivity contribution in [2.75, 3.05) is 13.5 Å². The van der Waals surface area contributed by atoms with Gasteiger partial charge in [0.1, 0.15) is 13.5 Å². The SMILES string of the molecule is CC1=C/C(=C/N=O)C=CN1COCN1C=C/C(=C\N=O)C=C1C. The van der Waals surface area contributed by atoms with Crippen molar-refractivity contribution < 1.29 is 4.74 Å². The number of rotatable bonds is 6. The molecule has 0 bridgehead atoms. The Bertz CT molecular complexity index is 600. The van der Waals surface area contributed by atoms with Gasteiger partial charge < -0.3 is 14.5 Å². The van der Waals surface area contributed by atoms with E-state index in [2.05, 4.69) is 10.4 Å². The maximum atomic E-state index is 10.2. The molecule has 120 valence electrons. The van der Waals surface area contributed by atoms with Crippen LogP contribution in [-0.4, -0.2) is 23.3 Å². The highest BCUT2D eigenvalue weighted by atomic mass is 16.5. The number of nitroso groups, excluding NO2 is 2. The first-order valence-corrected chi connectivity index (χ1v) is 7.03. The largest absolute Gasteiger partial charge is 0.340 e. The molecule has 2 rings (SSSR count). The van der Waals surface area contributed by atoms with Crippen molar-refractivity contribution in [3.8, 4) is 0 Å². The maximum absolute atomic E-state index is 10.2. The zero-order chi connectivity index (χ0) is 16.7. The topological polar surface area (TPSA) is 74.6 Å². The van der Waals surface area contributed by atoms with Crippen LogP contribution in [0.25, 0.3) is 0 Å². The van der Waals surface area contributed by atoms with Crippen LogP contribution < -0.4 is 0 Å². The molecule has 0 amide bonds. The van der Waals surface area contributed by atoms with Crippen LogP contribution in [0.2, 0.25) is 0 Å². The minimum Gasteiger partial charge on any atom is -0.340 e. The van der Waals surface area contributed by atoms with Gasteiger partial charge in [0.2, 0.25) is 0 Å². The molecular formula is C16H18N4O3. The third-order valence-corrected chi connectivity index (χ3v) is 3.42. The van der Waals surface area contributed by atoms with Crippen molar-refractivity contribution >= 4 is 0 Å². The first-order valence-electron chi connectivity index (χ1n) is 7.03. The highest BCUT2D eigenvalue weighted by Crippen LogP contribution is 2.18. The van der Waals surface area contributed by atoms with Gasteiger partial charge in [-0.3, -0.25) is 0 Å². The fraction of sp³-hybridized carbons (Fsp3) is 0.250. The molecule has 0 aromatic rings. The van der Waals surface area contributed by atoms with E-state index in [1.807, 2.05) is 48.2 Å². The summed E-state index contributed by atoms with van der Waals surface area (Å²) in [5.41, 5.74) is 3.45. The van der Waals surface area contributed by atoms with E-state index < -0.39 is 0 Å². The highest BCUT2D eigenvalue weighted by molar-refractivity contribution is 5.37. The van der Waals surface area contributed by atoms with Crippen molar-refractivity contribution in [2.24, 2.45) is 10.4 Å². The van der Waals surface area contributed by atoms with E-state index in [9.17, 15) is 9.81 Å². The lowest BCUT2D eigenvalue weighted by atomic mass is 10.2. The van der Waals surface area contributed by atoms with Gasteiger partial charge in [-0.1, -0.05) is 0 Å². The van der Waals surface area contributed by atoms with Crippen molar-refractivity contribution in [1.29, 1.82) is 0 Å². The molecule has 0 aromatic carbocycles. The number of hydrogen-bond acceptors (Lipinski definition) is 7. The van der Waals surface area contributed by atoms with Crippen molar-refractivity contribution in [2.45, 2.75) is 13.8 Å². The fourth-order valence-corrected chi connectivity index (χ4v) is 2.14. The van der Waals surface area contributed by atoms with Gasteiger partial charge in [-0.15, -0.1) is 9.81 Å². The minimum absolute atomic E-state index is 0.386. The third kappa shape index (κ3) is 4.58. The van der Waals surface area contributed by atoms with Crippen LogP contribution in [0.4, 0.5) is 0 Å². The molecule has 7 heteroatoms. The predicted molar refractivity (Wildman–Crippen MR) is 88.0 cm³/mol. The van der Waals surface area contributed by atoms with E-state index in [-0.39, 0.29) is 0 Å². The third-order valence-electron chi connectivity index (χ3n) is 3.42. The standard InChI is InChI=1S/C16H18N4O3/c1-13-7-15(9-17-21)3-5-19(13)11-23-12-20-6-4-16(10-18-22)8-14(20)2/h3-10H,11-12H2,1-2H3/b15-9+,16-10+. The molecule has 23 heavy (non-hydrogen) atoms. The molecule has 0 spiro atoms. The minimum atomic E-state index is 0.386. The monoisotopic (exact) mass is 314 g/mol. The lowest BCUT2D eigenvalue weighted by Gasteiger charge is -2.28. The molecule has 0 atom stereocenters. The summed E-state index contributed by atoms with van der Waals surface area (Å²) in [6, 6.07) is 0.